The van der Waals surface area contributed by atoms with Crippen LogP contribution in [0.5, 0.6) is 5.75 Å². The molecule has 3 heterocycles. The number of dihydropyridines is 1. The second-order valence-electron chi connectivity index (χ2n) is 21.4. The summed E-state index contributed by atoms with van der Waals surface area (Å²) in [7, 11) is 0. The highest BCUT2D eigenvalue weighted by atomic mass is 16.3. The topological polar surface area (TPSA) is 86.8 Å². The van der Waals surface area contributed by atoms with Gasteiger partial charge in [0.25, 0.3) is 0 Å². The Morgan fingerprint density at radius 1 is 0.600 bits per heavy atom. The Balaban J connectivity index is 1.46. The maximum absolute atomic E-state index is 12.5. The van der Waals surface area contributed by atoms with Crippen molar-refractivity contribution in [3.63, 3.8) is 0 Å². The fourth-order valence-corrected chi connectivity index (χ4v) is 8.49. The lowest BCUT2D eigenvalue weighted by atomic mass is 9.79. The predicted molar refractivity (Wildman–Crippen MR) is 271 cm³/mol. The molecule has 0 saturated carbocycles. The summed E-state index contributed by atoms with van der Waals surface area (Å²) in [4.78, 5) is 11.0. The average Bonchev–Trinajstić information content (AvgIpc) is 3.65. The first-order chi connectivity index (χ1) is 30.6. The van der Waals surface area contributed by atoms with Crippen LogP contribution >= 0.6 is 0 Å². The Bertz CT molecular complexity index is 3090. The number of para-hydroxylation sites is 1. The molecule has 2 aromatic heterocycles. The van der Waals surface area contributed by atoms with Crippen molar-refractivity contribution < 1.29 is 5.11 Å². The Morgan fingerprint density at radius 3 is 1.83 bits per heavy atom. The average molecular weight is 856 g/mol. The largest absolute Gasteiger partial charge is 0.507 e. The van der Waals surface area contributed by atoms with Crippen molar-refractivity contribution in [3.8, 4) is 51.3 Å². The lowest BCUT2D eigenvalue weighted by Gasteiger charge is -2.28. The van der Waals surface area contributed by atoms with E-state index in [1.165, 1.54) is 5.56 Å². The molecule has 0 amide bonds. The molecule has 5 aromatic carbocycles. The second kappa shape index (κ2) is 16.5. The zero-order chi connectivity index (χ0) is 46.6. The van der Waals surface area contributed by atoms with E-state index < -0.39 is 0 Å². The van der Waals surface area contributed by atoms with E-state index in [-0.39, 0.29) is 27.4 Å². The van der Waals surface area contributed by atoms with Crippen LogP contribution in [0.15, 0.2) is 145 Å². The quantitative estimate of drug-likeness (QED) is 0.163. The number of phenols is 1. The number of hydrogen-bond acceptors (Lipinski definition) is 5. The van der Waals surface area contributed by atoms with Gasteiger partial charge in [-0.05, 0) is 104 Å². The van der Waals surface area contributed by atoms with Crippen molar-refractivity contribution in [2.45, 2.75) is 105 Å². The summed E-state index contributed by atoms with van der Waals surface area (Å²) in [6, 6.07) is 44.7. The molecule has 7 aromatic rings. The van der Waals surface area contributed by atoms with Gasteiger partial charge in [-0.15, -0.1) is 0 Å². The van der Waals surface area contributed by atoms with E-state index in [4.69, 9.17) is 9.97 Å². The highest BCUT2D eigenvalue weighted by molar-refractivity contribution is 5.97. The van der Waals surface area contributed by atoms with Crippen LogP contribution in [0, 0.1) is 11.3 Å². The number of hydrogen-bond donors (Lipinski definition) is 2. The van der Waals surface area contributed by atoms with Crippen molar-refractivity contribution >= 4 is 22.2 Å². The van der Waals surface area contributed by atoms with E-state index in [0.29, 0.717) is 34.0 Å². The molecule has 0 fully saturated rings. The highest BCUT2D eigenvalue weighted by Crippen LogP contribution is 2.46. The molecule has 1 aliphatic heterocycles. The van der Waals surface area contributed by atoms with Gasteiger partial charge in [-0.2, -0.15) is 5.26 Å². The predicted octanol–water partition coefficient (Wildman–Crippen LogP) is 14.8. The normalized spacial score (nSPS) is 14.2. The molecule has 2 N–H and O–H groups in total. The SMILES string of the molecule is CC(C)(C)c1cc(/C(C#N)=C2/C=C(c3ccccc3)C=CN2)nc(-c2cccc3c2nc(-c2cc(C(C)(C)C)cc(C(C)(C)C)c2O)n3-c2ccc(C(C)(C)C)cc2-c2ccccc2)c1. The summed E-state index contributed by atoms with van der Waals surface area (Å²) in [6.45, 7) is 26.3. The van der Waals surface area contributed by atoms with E-state index in [2.05, 4.69) is 190 Å². The van der Waals surface area contributed by atoms with Crippen LogP contribution in [0.4, 0.5) is 0 Å². The fourth-order valence-electron chi connectivity index (χ4n) is 8.49. The van der Waals surface area contributed by atoms with Gasteiger partial charge in [-0.25, -0.2) is 9.97 Å². The smallest absolute Gasteiger partial charge is 0.149 e. The summed E-state index contributed by atoms with van der Waals surface area (Å²) < 4.78 is 2.23. The van der Waals surface area contributed by atoms with Crippen molar-refractivity contribution in [2.24, 2.45) is 0 Å². The summed E-state index contributed by atoms with van der Waals surface area (Å²) in [5, 5.41) is 26.8. The molecular formula is C59H61N5O. The number of imidazole rings is 1. The third-order valence-corrected chi connectivity index (χ3v) is 12.4. The van der Waals surface area contributed by atoms with Crippen molar-refractivity contribution in [2.75, 3.05) is 0 Å². The molecule has 6 heteroatoms. The monoisotopic (exact) mass is 855 g/mol. The van der Waals surface area contributed by atoms with E-state index >= 15 is 0 Å². The van der Waals surface area contributed by atoms with Crippen LogP contribution in [-0.2, 0) is 21.7 Å². The van der Waals surface area contributed by atoms with Gasteiger partial charge in [0.05, 0.1) is 39.4 Å². The molecular weight excluding hydrogens is 795 g/mol. The van der Waals surface area contributed by atoms with Gasteiger partial charge in [0, 0.05) is 22.9 Å². The minimum absolute atomic E-state index is 0.0998. The molecule has 0 spiro atoms. The molecule has 0 saturated heterocycles. The Labute approximate surface area is 385 Å². The Morgan fingerprint density at radius 2 is 1.22 bits per heavy atom. The molecule has 1 aliphatic rings. The van der Waals surface area contributed by atoms with Gasteiger partial charge < -0.3 is 10.4 Å². The molecule has 0 aliphatic carbocycles. The maximum atomic E-state index is 12.5. The number of benzene rings is 5. The zero-order valence-corrected chi connectivity index (χ0v) is 40.0. The third-order valence-electron chi connectivity index (χ3n) is 12.4. The number of aromatic hydroxyl groups is 1. The highest BCUT2D eigenvalue weighted by Gasteiger charge is 2.30. The first-order valence-corrected chi connectivity index (χ1v) is 22.6. The first kappa shape index (κ1) is 44.6. The molecule has 0 radical (unpaired) electrons. The minimum atomic E-state index is -0.355. The lowest BCUT2D eigenvalue weighted by molar-refractivity contribution is 0.446. The minimum Gasteiger partial charge on any atom is -0.507 e. The second-order valence-corrected chi connectivity index (χ2v) is 21.4. The number of allylic oxidation sites excluding steroid dienone is 4. The van der Waals surface area contributed by atoms with Crippen LogP contribution in [0.2, 0.25) is 0 Å². The van der Waals surface area contributed by atoms with E-state index in [0.717, 1.165) is 61.2 Å². The van der Waals surface area contributed by atoms with Crippen molar-refractivity contribution in [1.29, 1.82) is 5.26 Å². The number of pyridine rings is 1. The first-order valence-electron chi connectivity index (χ1n) is 22.6. The number of phenolic OH excluding ortho intramolecular Hbond substituents is 1. The molecule has 6 nitrogen and oxygen atoms in total. The number of rotatable bonds is 6. The van der Waals surface area contributed by atoms with E-state index in [1.807, 2.05) is 48.7 Å². The van der Waals surface area contributed by atoms with Gasteiger partial charge in [0.15, 0.2) is 0 Å². The molecule has 65 heavy (non-hydrogen) atoms. The van der Waals surface area contributed by atoms with Gasteiger partial charge in [0.2, 0.25) is 0 Å². The third kappa shape index (κ3) is 8.81. The summed E-state index contributed by atoms with van der Waals surface area (Å²) in [5.74, 6) is 0.847. The number of aromatic nitrogens is 3. The number of nitrogens with one attached hydrogen (secondary N) is 1. The lowest BCUT2D eigenvalue weighted by Crippen LogP contribution is -2.17. The van der Waals surface area contributed by atoms with Crippen molar-refractivity contribution in [3.05, 3.63) is 179 Å². The van der Waals surface area contributed by atoms with Crippen LogP contribution in [0.1, 0.15) is 117 Å². The van der Waals surface area contributed by atoms with Crippen LogP contribution in [0.25, 0.3) is 61.6 Å². The van der Waals surface area contributed by atoms with Gasteiger partial charge in [0.1, 0.15) is 23.2 Å². The van der Waals surface area contributed by atoms with Gasteiger partial charge >= 0.3 is 0 Å². The summed E-state index contributed by atoms with van der Waals surface area (Å²) >= 11 is 0. The number of nitriles is 1. The number of fused-ring (bicyclic) bond motifs is 1. The van der Waals surface area contributed by atoms with Crippen LogP contribution in [-0.4, -0.2) is 19.6 Å². The Kier molecular flexibility index (Phi) is 11.4. The summed E-state index contributed by atoms with van der Waals surface area (Å²) in [5.41, 5.74) is 13.9. The Hall–Kier alpha value is -6.97. The molecule has 0 unspecified atom stereocenters. The molecule has 8 rings (SSSR count). The van der Waals surface area contributed by atoms with Gasteiger partial charge in [-0.3, -0.25) is 4.57 Å². The summed E-state index contributed by atoms with van der Waals surface area (Å²) in [6.07, 6.45) is 5.92. The van der Waals surface area contributed by atoms with Crippen LogP contribution in [0.3, 0.4) is 0 Å². The van der Waals surface area contributed by atoms with E-state index in [1.54, 1.807) is 0 Å². The fraction of sp³-hybridized carbons (Fsp3) is 0.271. The molecule has 0 atom stereocenters. The standard InChI is InChI=1S/C59H61N5O/c1-56(2,3)40-26-27-51(44(31-40)38-22-17-14-18-23-38)64-52-25-19-24-43(53(52)63-55(64)45-32-41(57(4,5)6)33-47(54(45)65)59(10,11)12)49-34-42(58(7,8)9)35-50(62-49)46(36-60)48-30-39(28-29-61-48)37-20-15-13-16-21-37/h13-35,61,65H,1-12H3/b48-46-. The van der Waals surface area contributed by atoms with Crippen LogP contribution < -0.4 is 5.32 Å². The van der Waals surface area contributed by atoms with Crippen molar-refractivity contribution in [1.82, 2.24) is 19.9 Å². The van der Waals surface area contributed by atoms with E-state index in [9.17, 15) is 10.4 Å². The maximum Gasteiger partial charge on any atom is 0.149 e. The number of nitrogens with zero attached hydrogens (tertiary/aromatic N) is 4. The molecule has 0 bridgehead atoms. The van der Waals surface area contributed by atoms with Gasteiger partial charge in [-0.1, -0.05) is 168 Å². The molecule has 328 valence electrons. The zero-order valence-electron chi connectivity index (χ0n) is 40.0.